The van der Waals surface area contributed by atoms with Crippen LogP contribution in [0.15, 0.2) is 11.7 Å². The Labute approximate surface area is 82.6 Å². The minimum atomic E-state index is 0.506. The van der Waals surface area contributed by atoms with E-state index in [2.05, 4.69) is 22.9 Å². The van der Waals surface area contributed by atoms with E-state index in [1.54, 1.807) is 11.3 Å². The van der Waals surface area contributed by atoms with Gasteiger partial charge in [-0.3, -0.25) is 9.88 Å². The lowest BCUT2D eigenvalue weighted by molar-refractivity contribution is 0.301. The molecule has 0 spiro atoms. The molecule has 0 radical (unpaired) electrons. The second-order valence-electron chi connectivity index (χ2n) is 2.84. The number of thiazole rings is 1. The van der Waals surface area contributed by atoms with Crippen LogP contribution in [0.25, 0.3) is 0 Å². The van der Waals surface area contributed by atoms with Gasteiger partial charge in [0, 0.05) is 17.6 Å². The third-order valence-corrected chi connectivity index (χ3v) is 2.46. The average Bonchev–Trinajstić information content (AvgIpc) is 2.58. The predicted octanol–water partition coefficient (Wildman–Crippen LogP) is 1.88. The molecule has 1 aromatic rings. The zero-order valence-electron chi connectivity index (χ0n) is 7.73. The van der Waals surface area contributed by atoms with Gasteiger partial charge in [0.1, 0.15) is 0 Å². The standard InChI is InChI=1S/C9H13N3S/c1-2-4-12(5-3-10)7-9-6-11-8-13-9/h6,8H,2,4-5,7H2,1H3. The molecule has 4 heteroatoms. The third-order valence-electron chi connectivity index (χ3n) is 1.70. The molecule has 1 heterocycles. The number of nitriles is 1. The molecule has 0 saturated carbocycles. The van der Waals surface area contributed by atoms with E-state index in [-0.39, 0.29) is 0 Å². The van der Waals surface area contributed by atoms with E-state index in [4.69, 9.17) is 5.26 Å². The fraction of sp³-hybridized carbons (Fsp3) is 0.556. The molecule has 0 aromatic carbocycles. The first-order valence-electron chi connectivity index (χ1n) is 4.33. The molecular weight excluding hydrogens is 182 g/mol. The quantitative estimate of drug-likeness (QED) is 0.673. The van der Waals surface area contributed by atoms with Crippen LogP contribution in [0, 0.1) is 11.3 Å². The van der Waals surface area contributed by atoms with Gasteiger partial charge >= 0.3 is 0 Å². The molecule has 0 unspecified atom stereocenters. The van der Waals surface area contributed by atoms with Crippen LogP contribution in [-0.4, -0.2) is 23.0 Å². The van der Waals surface area contributed by atoms with Gasteiger partial charge in [-0.2, -0.15) is 5.26 Å². The Balaban J connectivity index is 2.43. The zero-order chi connectivity index (χ0) is 9.52. The molecule has 0 amide bonds. The Morgan fingerprint density at radius 3 is 3.08 bits per heavy atom. The summed E-state index contributed by atoms with van der Waals surface area (Å²) in [6, 6.07) is 2.18. The first-order chi connectivity index (χ1) is 6.36. The maximum Gasteiger partial charge on any atom is 0.0869 e. The van der Waals surface area contributed by atoms with Gasteiger partial charge in [0.25, 0.3) is 0 Å². The van der Waals surface area contributed by atoms with E-state index in [0.29, 0.717) is 6.54 Å². The molecule has 0 aliphatic carbocycles. The van der Waals surface area contributed by atoms with Crippen molar-refractivity contribution in [2.45, 2.75) is 19.9 Å². The summed E-state index contributed by atoms with van der Waals surface area (Å²) in [4.78, 5) is 7.36. The highest BCUT2D eigenvalue weighted by atomic mass is 32.1. The summed E-state index contributed by atoms with van der Waals surface area (Å²) < 4.78 is 0. The van der Waals surface area contributed by atoms with Crippen molar-refractivity contribution in [3.05, 3.63) is 16.6 Å². The van der Waals surface area contributed by atoms with Gasteiger partial charge < -0.3 is 0 Å². The number of aromatic nitrogens is 1. The molecule has 1 aromatic heterocycles. The summed E-state index contributed by atoms with van der Waals surface area (Å²) in [5, 5.41) is 8.59. The Morgan fingerprint density at radius 1 is 1.69 bits per heavy atom. The van der Waals surface area contributed by atoms with Gasteiger partial charge in [-0.25, -0.2) is 0 Å². The van der Waals surface area contributed by atoms with E-state index in [9.17, 15) is 0 Å². The Hall–Kier alpha value is -0.920. The van der Waals surface area contributed by atoms with Gasteiger partial charge in [0.2, 0.25) is 0 Å². The molecule has 0 aliphatic heterocycles. The molecular formula is C9H13N3S. The number of hydrogen-bond acceptors (Lipinski definition) is 4. The summed E-state index contributed by atoms with van der Waals surface area (Å²) in [5.74, 6) is 0. The summed E-state index contributed by atoms with van der Waals surface area (Å²) in [6.07, 6.45) is 2.95. The maximum atomic E-state index is 8.59. The third kappa shape index (κ3) is 3.53. The summed E-state index contributed by atoms with van der Waals surface area (Å²) in [7, 11) is 0. The number of hydrogen-bond donors (Lipinski definition) is 0. The minimum Gasteiger partial charge on any atom is -0.285 e. The second-order valence-corrected chi connectivity index (χ2v) is 3.81. The molecule has 70 valence electrons. The van der Waals surface area contributed by atoms with Gasteiger partial charge in [0.05, 0.1) is 18.1 Å². The van der Waals surface area contributed by atoms with E-state index in [1.807, 2.05) is 11.7 Å². The lowest BCUT2D eigenvalue weighted by Gasteiger charge is -2.16. The average molecular weight is 195 g/mol. The minimum absolute atomic E-state index is 0.506. The number of rotatable bonds is 5. The fourth-order valence-electron chi connectivity index (χ4n) is 1.17. The second kappa shape index (κ2) is 5.68. The molecule has 0 N–H and O–H groups in total. The highest BCUT2D eigenvalue weighted by molar-refractivity contribution is 7.09. The highest BCUT2D eigenvalue weighted by Gasteiger charge is 2.04. The van der Waals surface area contributed by atoms with Crippen LogP contribution in [0.2, 0.25) is 0 Å². The van der Waals surface area contributed by atoms with Crippen LogP contribution >= 0.6 is 11.3 Å². The van der Waals surface area contributed by atoms with Gasteiger partial charge in [0.15, 0.2) is 0 Å². The zero-order valence-corrected chi connectivity index (χ0v) is 8.55. The van der Waals surface area contributed by atoms with Crippen molar-refractivity contribution in [1.29, 1.82) is 5.26 Å². The molecule has 0 atom stereocenters. The largest absolute Gasteiger partial charge is 0.285 e. The van der Waals surface area contributed by atoms with Gasteiger partial charge in [-0.05, 0) is 13.0 Å². The number of nitrogens with zero attached hydrogens (tertiary/aromatic N) is 3. The van der Waals surface area contributed by atoms with Crippen molar-refractivity contribution in [1.82, 2.24) is 9.88 Å². The summed E-state index contributed by atoms with van der Waals surface area (Å²) >= 11 is 1.64. The SMILES string of the molecule is CCCN(CC#N)Cc1cncs1. The first kappa shape index (κ1) is 10.2. The molecule has 13 heavy (non-hydrogen) atoms. The Kier molecular flexibility index (Phi) is 4.44. The molecule has 0 aliphatic rings. The summed E-state index contributed by atoms with van der Waals surface area (Å²) in [6.45, 7) is 4.46. The van der Waals surface area contributed by atoms with Crippen LogP contribution in [0.3, 0.4) is 0 Å². The molecule has 3 nitrogen and oxygen atoms in total. The predicted molar refractivity (Wildman–Crippen MR) is 53.3 cm³/mol. The van der Waals surface area contributed by atoms with Crippen LogP contribution in [0.1, 0.15) is 18.2 Å². The van der Waals surface area contributed by atoms with Crippen LogP contribution in [0.5, 0.6) is 0 Å². The van der Waals surface area contributed by atoms with Crippen LogP contribution in [0.4, 0.5) is 0 Å². The topological polar surface area (TPSA) is 39.9 Å². The van der Waals surface area contributed by atoms with Crippen molar-refractivity contribution in [3.63, 3.8) is 0 Å². The lowest BCUT2D eigenvalue weighted by Crippen LogP contribution is -2.23. The van der Waals surface area contributed by atoms with E-state index in [0.717, 1.165) is 19.5 Å². The Bertz CT molecular complexity index is 263. The van der Waals surface area contributed by atoms with E-state index in [1.165, 1.54) is 4.88 Å². The van der Waals surface area contributed by atoms with Crippen LogP contribution < -0.4 is 0 Å². The van der Waals surface area contributed by atoms with Crippen molar-refractivity contribution in [3.8, 4) is 6.07 Å². The van der Waals surface area contributed by atoms with Crippen molar-refractivity contribution >= 4 is 11.3 Å². The van der Waals surface area contributed by atoms with E-state index < -0.39 is 0 Å². The fourth-order valence-corrected chi connectivity index (χ4v) is 1.81. The van der Waals surface area contributed by atoms with Gasteiger partial charge in [-0.1, -0.05) is 6.92 Å². The summed E-state index contributed by atoms with van der Waals surface area (Å²) in [5.41, 5.74) is 1.83. The molecule has 0 bridgehead atoms. The normalized spacial score (nSPS) is 10.2. The van der Waals surface area contributed by atoms with Crippen molar-refractivity contribution in [2.75, 3.05) is 13.1 Å². The lowest BCUT2D eigenvalue weighted by atomic mass is 10.4. The molecule has 1 rings (SSSR count). The molecule has 0 fully saturated rings. The van der Waals surface area contributed by atoms with Crippen molar-refractivity contribution < 1.29 is 0 Å². The Morgan fingerprint density at radius 2 is 2.54 bits per heavy atom. The maximum absolute atomic E-state index is 8.59. The van der Waals surface area contributed by atoms with Gasteiger partial charge in [-0.15, -0.1) is 11.3 Å². The first-order valence-corrected chi connectivity index (χ1v) is 5.21. The van der Waals surface area contributed by atoms with E-state index >= 15 is 0 Å². The highest BCUT2D eigenvalue weighted by Crippen LogP contribution is 2.09. The smallest absolute Gasteiger partial charge is 0.0869 e. The van der Waals surface area contributed by atoms with Crippen LogP contribution in [-0.2, 0) is 6.54 Å². The monoisotopic (exact) mass is 195 g/mol. The molecule has 0 saturated heterocycles. The van der Waals surface area contributed by atoms with Crippen molar-refractivity contribution in [2.24, 2.45) is 0 Å².